The van der Waals surface area contributed by atoms with Crippen molar-refractivity contribution in [2.45, 2.75) is 32.0 Å². The van der Waals surface area contributed by atoms with Crippen molar-refractivity contribution in [3.05, 3.63) is 12.7 Å². The minimum Gasteiger partial charge on any atom is -0.130 e. The molecule has 0 fully saturated rings. The molecule has 0 aliphatic rings. The standard InChI is InChI=1S/C8H17ClSi/c1-4-7-10(5-2,6-3)8-9/h4H,1,5-8H2,2-3H3. The summed E-state index contributed by atoms with van der Waals surface area (Å²) < 4.78 is 0. The largest absolute Gasteiger partial charge is 0.130 e. The van der Waals surface area contributed by atoms with Crippen LogP contribution in [-0.2, 0) is 0 Å². The predicted octanol–water partition coefficient (Wildman–Crippen LogP) is 3.44. The molecular formula is C8H17ClSi. The van der Waals surface area contributed by atoms with Crippen LogP contribution < -0.4 is 0 Å². The van der Waals surface area contributed by atoms with Gasteiger partial charge in [-0.3, -0.25) is 0 Å². The molecule has 0 N–H and O–H groups in total. The smallest absolute Gasteiger partial charge is 0.0732 e. The lowest BCUT2D eigenvalue weighted by atomic mass is 10.8. The van der Waals surface area contributed by atoms with Gasteiger partial charge >= 0.3 is 0 Å². The van der Waals surface area contributed by atoms with E-state index in [1.807, 2.05) is 6.08 Å². The van der Waals surface area contributed by atoms with Gasteiger partial charge in [-0.25, -0.2) is 0 Å². The van der Waals surface area contributed by atoms with E-state index in [4.69, 9.17) is 11.6 Å². The number of rotatable bonds is 5. The lowest BCUT2D eigenvalue weighted by molar-refractivity contribution is 1.21. The van der Waals surface area contributed by atoms with Gasteiger partial charge in [-0.15, -0.1) is 18.2 Å². The summed E-state index contributed by atoms with van der Waals surface area (Å²) in [6, 6.07) is 3.77. The van der Waals surface area contributed by atoms with E-state index in [1.54, 1.807) is 0 Å². The summed E-state index contributed by atoms with van der Waals surface area (Å²) in [5.74, 6) is 0. The normalized spacial score (nSPS) is 11.5. The Morgan fingerprint density at radius 1 is 1.40 bits per heavy atom. The zero-order chi connectivity index (χ0) is 8.04. The monoisotopic (exact) mass is 176 g/mol. The van der Waals surface area contributed by atoms with Crippen LogP contribution in [-0.4, -0.2) is 13.6 Å². The average Bonchev–Trinajstić information content (AvgIpc) is 2.01. The van der Waals surface area contributed by atoms with Crippen LogP contribution in [0.1, 0.15) is 13.8 Å². The maximum absolute atomic E-state index is 5.92. The molecule has 0 heterocycles. The first-order chi connectivity index (χ1) is 4.74. The molecule has 0 saturated carbocycles. The van der Waals surface area contributed by atoms with E-state index >= 15 is 0 Å². The van der Waals surface area contributed by atoms with E-state index in [0.29, 0.717) is 0 Å². The molecule has 0 aliphatic heterocycles. The highest BCUT2D eigenvalue weighted by Gasteiger charge is 2.25. The van der Waals surface area contributed by atoms with Crippen LogP contribution in [0, 0.1) is 0 Å². The maximum atomic E-state index is 5.92. The van der Waals surface area contributed by atoms with Crippen LogP contribution in [0.25, 0.3) is 0 Å². The molecule has 0 unspecified atom stereocenters. The number of halogens is 1. The molecule has 0 spiro atoms. The molecule has 0 aromatic rings. The first kappa shape index (κ1) is 10.2. The summed E-state index contributed by atoms with van der Waals surface area (Å²) in [5.41, 5.74) is 0.895. The molecule has 0 bridgehead atoms. The molecular weight excluding hydrogens is 160 g/mol. The second-order valence-electron chi connectivity index (χ2n) is 2.83. The predicted molar refractivity (Wildman–Crippen MR) is 52.4 cm³/mol. The molecule has 0 nitrogen and oxygen atoms in total. The van der Waals surface area contributed by atoms with Crippen molar-refractivity contribution in [1.82, 2.24) is 0 Å². The third kappa shape index (κ3) is 2.47. The second kappa shape index (κ2) is 4.97. The van der Waals surface area contributed by atoms with Gasteiger partial charge in [0, 0.05) is 5.50 Å². The average molecular weight is 177 g/mol. The van der Waals surface area contributed by atoms with Crippen molar-refractivity contribution in [2.24, 2.45) is 0 Å². The lowest BCUT2D eigenvalue weighted by Crippen LogP contribution is -2.34. The van der Waals surface area contributed by atoms with Crippen LogP contribution in [0.2, 0.25) is 18.1 Å². The fraction of sp³-hybridized carbons (Fsp3) is 0.750. The maximum Gasteiger partial charge on any atom is 0.0732 e. The number of allylic oxidation sites excluding steroid dienone is 1. The fourth-order valence-electron chi connectivity index (χ4n) is 1.09. The van der Waals surface area contributed by atoms with Gasteiger partial charge in [-0.1, -0.05) is 32.0 Å². The van der Waals surface area contributed by atoms with Crippen molar-refractivity contribution in [3.63, 3.8) is 0 Å². The highest BCUT2D eigenvalue weighted by atomic mass is 35.5. The Labute approximate surface area is 70.3 Å². The first-order valence-corrected chi connectivity index (χ1v) is 7.28. The Hall–Kier alpha value is 0.247. The van der Waals surface area contributed by atoms with Crippen molar-refractivity contribution in [1.29, 1.82) is 0 Å². The van der Waals surface area contributed by atoms with Gasteiger partial charge in [-0.2, -0.15) is 0 Å². The minimum absolute atomic E-state index is 0.895. The zero-order valence-electron chi connectivity index (χ0n) is 6.99. The first-order valence-electron chi connectivity index (χ1n) is 3.91. The van der Waals surface area contributed by atoms with Gasteiger partial charge in [0.2, 0.25) is 0 Å². The fourth-order valence-corrected chi connectivity index (χ4v) is 4.73. The molecule has 0 aromatic heterocycles. The van der Waals surface area contributed by atoms with Crippen LogP contribution in [0.15, 0.2) is 12.7 Å². The summed E-state index contributed by atoms with van der Waals surface area (Å²) in [7, 11) is -1.07. The molecule has 10 heavy (non-hydrogen) atoms. The number of hydrogen-bond acceptors (Lipinski definition) is 0. The van der Waals surface area contributed by atoms with Crippen LogP contribution in [0.3, 0.4) is 0 Å². The molecule has 2 heteroatoms. The summed E-state index contributed by atoms with van der Waals surface area (Å²) in [6.45, 7) is 8.27. The number of hydrogen-bond donors (Lipinski definition) is 0. The van der Waals surface area contributed by atoms with E-state index < -0.39 is 8.07 Å². The number of alkyl halides is 1. The van der Waals surface area contributed by atoms with Gasteiger partial charge in [0.1, 0.15) is 0 Å². The van der Waals surface area contributed by atoms with E-state index in [0.717, 1.165) is 5.50 Å². The SMILES string of the molecule is C=CC[Si](CC)(CC)CCl. The summed E-state index contributed by atoms with van der Waals surface area (Å²) >= 11 is 5.92. The van der Waals surface area contributed by atoms with Gasteiger partial charge in [-0.05, 0) is 6.04 Å². The minimum atomic E-state index is -1.07. The highest BCUT2D eigenvalue weighted by molar-refractivity contribution is 6.85. The van der Waals surface area contributed by atoms with Gasteiger partial charge < -0.3 is 0 Å². The van der Waals surface area contributed by atoms with Crippen molar-refractivity contribution >= 4 is 19.7 Å². The van der Waals surface area contributed by atoms with Gasteiger partial charge in [0.05, 0.1) is 8.07 Å². The molecule has 0 aliphatic carbocycles. The summed E-state index contributed by atoms with van der Waals surface area (Å²) in [6.07, 6.45) is 2.03. The lowest BCUT2D eigenvalue weighted by Gasteiger charge is -2.24. The van der Waals surface area contributed by atoms with E-state index in [-0.39, 0.29) is 0 Å². The Bertz CT molecular complexity index is 89.2. The third-order valence-electron chi connectivity index (χ3n) is 2.36. The van der Waals surface area contributed by atoms with Gasteiger partial charge in [0.25, 0.3) is 0 Å². The highest BCUT2D eigenvalue weighted by Crippen LogP contribution is 2.21. The molecule has 60 valence electrons. The van der Waals surface area contributed by atoms with E-state index in [1.165, 1.54) is 18.1 Å². The topological polar surface area (TPSA) is 0 Å². The quantitative estimate of drug-likeness (QED) is 0.342. The Morgan fingerprint density at radius 3 is 2.00 bits per heavy atom. The van der Waals surface area contributed by atoms with Crippen LogP contribution in [0.5, 0.6) is 0 Å². The Kier molecular flexibility index (Phi) is 5.09. The molecule has 0 amide bonds. The third-order valence-corrected chi connectivity index (χ3v) is 8.78. The zero-order valence-corrected chi connectivity index (χ0v) is 8.75. The van der Waals surface area contributed by atoms with Crippen molar-refractivity contribution < 1.29 is 0 Å². The molecule has 0 atom stereocenters. The van der Waals surface area contributed by atoms with Crippen molar-refractivity contribution in [2.75, 3.05) is 5.50 Å². The summed E-state index contributed by atoms with van der Waals surface area (Å²) in [5, 5.41) is 0. The molecule has 0 saturated heterocycles. The van der Waals surface area contributed by atoms with E-state index in [9.17, 15) is 0 Å². The molecule has 0 radical (unpaired) electrons. The Morgan fingerprint density at radius 2 is 1.90 bits per heavy atom. The van der Waals surface area contributed by atoms with Crippen LogP contribution >= 0.6 is 11.6 Å². The van der Waals surface area contributed by atoms with Crippen molar-refractivity contribution in [3.8, 4) is 0 Å². The summed E-state index contributed by atoms with van der Waals surface area (Å²) in [4.78, 5) is 0. The molecule has 0 rings (SSSR count). The van der Waals surface area contributed by atoms with Gasteiger partial charge in [0.15, 0.2) is 0 Å². The second-order valence-corrected chi connectivity index (χ2v) is 8.73. The Balaban J connectivity index is 4.00. The van der Waals surface area contributed by atoms with Crippen LogP contribution in [0.4, 0.5) is 0 Å². The molecule has 0 aromatic carbocycles. The van der Waals surface area contributed by atoms with E-state index in [2.05, 4.69) is 20.4 Å².